The van der Waals surface area contributed by atoms with Crippen molar-refractivity contribution in [3.63, 3.8) is 0 Å². The van der Waals surface area contributed by atoms with E-state index in [4.69, 9.17) is 0 Å². The molecule has 0 saturated carbocycles. The summed E-state index contributed by atoms with van der Waals surface area (Å²) in [5.74, 6) is 0.688. The van der Waals surface area contributed by atoms with Gasteiger partial charge in [0, 0.05) is 37.4 Å². The summed E-state index contributed by atoms with van der Waals surface area (Å²) in [7, 11) is 3.80. The van der Waals surface area contributed by atoms with Crippen molar-refractivity contribution in [1.29, 1.82) is 0 Å². The van der Waals surface area contributed by atoms with E-state index in [1.54, 1.807) is 0 Å². The maximum Gasteiger partial charge on any atom is 0.240 e. The molecule has 0 saturated heterocycles. The van der Waals surface area contributed by atoms with E-state index in [1.807, 2.05) is 65.2 Å². The van der Waals surface area contributed by atoms with Gasteiger partial charge in [-0.2, -0.15) is 5.10 Å². The summed E-state index contributed by atoms with van der Waals surface area (Å²) in [6, 6.07) is 0. The van der Waals surface area contributed by atoms with Gasteiger partial charge >= 0.3 is 0 Å². The number of guanidine groups is 1. The highest BCUT2D eigenvalue weighted by molar-refractivity contribution is 5.86. The summed E-state index contributed by atoms with van der Waals surface area (Å²) >= 11 is 0. The predicted octanol–water partition coefficient (Wildman–Crippen LogP) is 1.35. The molecule has 0 aliphatic heterocycles. The van der Waals surface area contributed by atoms with Crippen LogP contribution < -0.4 is 10.6 Å². The molecule has 0 radical (unpaired) electrons. The van der Waals surface area contributed by atoms with Gasteiger partial charge in [-0.1, -0.05) is 0 Å². The molecule has 0 spiro atoms. The van der Waals surface area contributed by atoms with Crippen LogP contribution in [0.25, 0.3) is 0 Å². The molecule has 2 N–H and O–H groups in total. The van der Waals surface area contributed by atoms with Crippen molar-refractivity contribution >= 4 is 11.9 Å². The van der Waals surface area contributed by atoms with Crippen LogP contribution in [0.4, 0.5) is 0 Å². The molecule has 1 aromatic heterocycles. The van der Waals surface area contributed by atoms with Crippen LogP contribution in [0.1, 0.15) is 44.6 Å². The van der Waals surface area contributed by atoms with Crippen LogP contribution in [0.2, 0.25) is 0 Å². The third-order valence-electron chi connectivity index (χ3n) is 3.64. The molecule has 136 valence electrons. The van der Waals surface area contributed by atoms with Crippen LogP contribution in [0.5, 0.6) is 0 Å². The molecule has 0 aromatic carbocycles. The smallest absolute Gasteiger partial charge is 0.240 e. The number of nitrogens with one attached hydrogen (secondary N) is 2. The van der Waals surface area contributed by atoms with E-state index in [0.29, 0.717) is 12.5 Å². The highest BCUT2D eigenvalue weighted by atomic mass is 16.2. The zero-order chi connectivity index (χ0) is 18.5. The number of likely N-dealkylation sites (N-methyl/N-ethyl adjacent to an activating group) is 1. The minimum absolute atomic E-state index is 0.0238. The molecule has 0 bridgehead atoms. The first-order valence-corrected chi connectivity index (χ1v) is 8.34. The summed E-state index contributed by atoms with van der Waals surface area (Å²) in [6.07, 6.45) is 0. The first kappa shape index (κ1) is 20.0. The van der Waals surface area contributed by atoms with E-state index in [2.05, 4.69) is 20.7 Å². The minimum atomic E-state index is -0.239. The van der Waals surface area contributed by atoms with Gasteiger partial charge in [-0.25, -0.2) is 4.99 Å². The molecule has 1 aromatic rings. The lowest BCUT2D eigenvalue weighted by atomic mass is 10.1. The highest BCUT2D eigenvalue weighted by Crippen LogP contribution is 2.13. The van der Waals surface area contributed by atoms with Gasteiger partial charge in [0.05, 0.1) is 18.8 Å². The Balaban J connectivity index is 2.83. The normalized spacial score (nSPS) is 12.2. The molecule has 1 rings (SSSR count). The number of hydrogen-bond donors (Lipinski definition) is 2. The zero-order valence-corrected chi connectivity index (χ0v) is 16.3. The van der Waals surface area contributed by atoms with Gasteiger partial charge in [0.2, 0.25) is 5.91 Å². The van der Waals surface area contributed by atoms with Gasteiger partial charge in [-0.05, 0) is 41.5 Å². The van der Waals surface area contributed by atoms with E-state index in [-0.39, 0.29) is 18.0 Å². The van der Waals surface area contributed by atoms with Crippen molar-refractivity contribution in [3.8, 4) is 0 Å². The summed E-state index contributed by atoms with van der Waals surface area (Å²) in [5, 5.41) is 10.6. The summed E-state index contributed by atoms with van der Waals surface area (Å²) in [6.45, 7) is 13.5. The molecule has 0 aliphatic rings. The fourth-order valence-electron chi connectivity index (χ4n) is 2.42. The van der Waals surface area contributed by atoms with Crippen molar-refractivity contribution in [2.45, 2.75) is 53.6 Å². The maximum atomic E-state index is 12.1. The second-order valence-electron chi connectivity index (χ2n) is 7.10. The number of aromatic nitrogens is 2. The van der Waals surface area contributed by atoms with Crippen LogP contribution in [0.15, 0.2) is 4.99 Å². The number of amides is 1. The van der Waals surface area contributed by atoms with Crippen molar-refractivity contribution in [3.05, 3.63) is 17.0 Å². The monoisotopic (exact) mass is 336 g/mol. The van der Waals surface area contributed by atoms with Crippen LogP contribution in [0.3, 0.4) is 0 Å². The van der Waals surface area contributed by atoms with Gasteiger partial charge in [-0.15, -0.1) is 0 Å². The number of aliphatic imine (C=N–C) groups is 1. The van der Waals surface area contributed by atoms with Crippen LogP contribution in [-0.2, 0) is 18.4 Å². The lowest BCUT2D eigenvalue weighted by Crippen LogP contribution is -2.48. The predicted molar refractivity (Wildman–Crippen MR) is 98.0 cm³/mol. The third kappa shape index (κ3) is 5.86. The van der Waals surface area contributed by atoms with Gasteiger partial charge in [0.25, 0.3) is 0 Å². The van der Waals surface area contributed by atoms with E-state index >= 15 is 0 Å². The number of hydrogen-bond acceptors (Lipinski definition) is 3. The topological polar surface area (TPSA) is 74.5 Å². The molecule has 0 unspecified atom stereocenters. The Kier molecular flexibility index (Phi) is 6.81. The summed E-state index contributed by atoms with van der Waals surface area (Å²) in [5.41, 5.74) is 2.99. The van der Waals surface area contributed by atoms with Crippen LogP contribution in [-0.4, -0.2) is 52.2 Å². The number of aryl methyl sites for hydroxylation is 2. The Morgan fingerprint density at radius 2 is 1.96 bits per heavy atom. The molecule has 1 amide bonds. The molecular weight excluding hydrogens is 304 g/mol. The Bertz CT molecular complexity index is 597. The second kappa shape index (κ2) is 8.17. The average Bonchev–Trinajstić information content (AvgIpc) is 2.66. The highest BCUT2D eigenvalue weighted by Gasteiger charge is 2.17. The molecule has 0 atom stereocenters. The lowest BCUT2D eigenvalue weighted by Gasteiger charge is -2.25. The van der Waals surface area contributed by atoms with Crippen molar-refractivity contribution in [2.75, 3.05) is 20.1 Å². The fourth-order valence-corrected chi connectivity index (χ4v) is 2.42. The standard InChI is InChI=1S/C17H32N6O/c1-9-18-16(22(7)11-15(24)20-17(4,5)6)19-10-14-12(2)21-23(8)13(14)3/h9-11H2,1-8H3,(H,18,19)(H,20,24). The number of rotatable bonds is 5. The molecule has 7 heteroatoms. The van der Waals surface area contributed by atoms with Gasteiger partial charge in [0.1, 0.15) is 0 Å². The van der Waals surface area contributed by atoms with Gasteiger partial charge in [0.15, 0.2) is 5.96 Å². The molecule has 0 fully saturated rings. The Hall–Kier alpha value is -2.05. The quantitative estimate of drug-likeness (QED) is 0.629. The van der Waals surface area contributed by atoms with Gasteiger partial charge < -0.3 is 15.5 Å². The van der Waals surface area contributed by atoms with Gasteiger partial charge in [-0.3, -0.25) is 9.48 Å². The molecule has 24 heavy (non-hydrogen) atoms. The Morgan fingerprint density at radius 3 is 2.42 bits per heavy atom. The van der Waals surface area contributed by atoms with E-state index in [9.17, 15) is 4.79 Å². The van der Waals surface area contributed by atoms with Crippen molar-refractivity contribution in [1.82, 2.24) is 25.3 Å². The van der Waals surface area contributed by atoms with Crippen molar-refractivity contribution < 1.29 is 4.79 Å². The second-order valence-corrected chi connectivity index (χ2v) is 7.10. The SMILES string of the molecule is CCNC(=NCc1c(C)nn(C)c1C)N(C)CC(=O)NC(C)(C)C. The first-order valence-electron chi connectivity index (χ1n) is 8.34. The summed E-state index contributed by atoms with van der Waals surface area (Å²) < 4.78 is 1.87. The molecule has 7 nitrogen and oxygen atoms in total. The van der Waals surface area contributed by atoms with E-state index in [0.717, 1.165) is 23.5 Å². The van der Waals surface area contributed by atoms with Crippen LogP contribution in [0, 0.1) is 13.8 Å². The minimum Gasteiger partial charge on any atom is -0.357 e. The largest absolute Gasteiger partial charge is 0.357 e. The molecule has 1 heterocycles. The lowest BCUT2D eigenvalue weighted by molar-refractivity contribution is -0.122. The average molecular weight is 336 g/mol. The Morgan fingerprint density at radius 1 is 1.33 bits per heavy atom. The van der Waals surface area contributed by atoms with E-state index < -0.39 is 0 Å². The first-order chi connectivity index (χ1) is 11.0. The zero-order valence-electron chi connectivity index (χ0n) is 16.3. The van der Waals surface area contributed by atoms with E-state index in [1.165, 1.54) is 0 Å². The molecular formula is C17H32N6O. The number of carbonyl (C=O) groups excluding carboxylic acids is 1. The van der Waals surface area contributed by atoms with Crippen LogP contribution >= 0.6 is 0 Å². The maximum absolute atomic E-state index is 12.1. The third-order valence-corrected chi connectivity index (χ3v) is 3.64. The molecule has 0 aliphatic carbocycles. The van der Waals surface area contributed by atoms with Crippen molar-refractivity contribution in [2.24, 2.45) is 12.0 Å². The summed E-state index contributed by atoms with van der Waals surface area (Å²) in [4.78, 5) is 18.6. The fraction of sp³-hybridized carbons (Fsp3) is 0.706. The number of nitrogens with zero attached hydrogens (tertiary/aromatic N) is 4. The number of carbonyl (C=O) groups is 1. The Labute approximate surface area is 145 Å².